The van der Waals surface area contributed by atoms with Gasteiger partial charge in [0, 0.05) is 22.8 Å². The summed E-state index contributed by atoms with van der Waals surface area (Å²) in [5, 5.41) is 0.378. The minimum atomic E-state index is -0.662. The third-order valence-corrected chi connectivity index (χ3v) is 2.31. The first-order valence-electron chi connectivity index (χ1n) is 4.62. The Morgan fingerprint density at radius 2 is 2.19 bits per heavy atom. The molecule has 0 bridgehead atoms. The number of ether oxygens (including phenoxy) is 1. The fourth-order valence-electron chi connectivity index (χ4n) is 1.50. The molecule has 0 spiro atoms. The molecule has 0 unspecified atom stereocenters. The summed E-state index contributed by atoms with van der Waals surface area (Å²) in [4.78, 5) is 26.0. The van der Waals surface area contributed by atoms with E-state index in [1.807, 2.05) is 0 Å². The number of rotatable bonds is 1. The fourth-order valence-corrected chi connectivity index (χ4v) is 1.50. The van der Waals surface area contributed by atoms with Crippen molar-refractivity contribution in [1.29, 1.82) is 0 Å². The van der Waals surface area contributed by atoms with Crippen molar-refractivity contribution < 1.29 is 9.53 Å². The number of nitrogens with one attached hydrogen (secondary N) is 1. The minimum absolute atomic E-state index is 0.0272. The first kappa shape index (κ1) is 10.2. The molecule has 3 N–H and O–H groups in total. The number of hydrogen-bond donors (Lipinski definition) is 2. The average molecular weight is 218 g/mol. The molecule has 1 heterocycles. The van der Waals surface area contributed by atoms with Crippen molar-refractivity contribution in [3.05, 3.63) is 40.2 Å². The normalized spacial score (nSPS) is 10.3. The number of hydrogen-bond acceptors (Lipinski definition) is 4. The first-order chi connectivity index (χ1) is 7.63. The Kier molecular flexibility index (Phi) is 2.36. The van der Waals surface area contributed by atoms with Gasteiger partial charge in [0.2, 0.25) is 5.43 Å². The largest absolute Gasteiger partial charge is 0.465 e. The molecule has 1 aromatic carbocycles. The van der Waals surface area contributed by atoms with Crippen LogP contribution in [0.2, 0.25) is 0 Å². The van der Waals surface area contributed by atoms with E-state index in [1.165, 1.54) is 19.4 Å². The summed E-state index contributed by atoms with van der Waals surface area (Å²) in [6.07, 6.45) is 1.34. The van der Waals surface area contributed by atoms with Crippen molar-refractivity contribution in [2.45, 2.75) is 0 Å². The lowest BCUT2D eigenvalue weighted by Crippen LogP contribution is -2.17. The van der Waals surface area contributed by atoms with Crippen LogP contribution in [0.1, 0.15) is 10.4 Å². The predicted octanol–water partition coefficient (Wildman–Crippen LogP) is 0.897. The number of carbonyl (C=O) groups excluding carboxylic acids is 1. The number of aromatic nitrogens is 1. The summed E-state index contributed by atoms with van der Waals surface area (Å²) < 4.78 is 4.51. The predicted molar refractivity (Wildman–Crippen MR) is 60.3 cm³/mol. The van der Waals surface area contributed by atoms with Gasteiger partial charge in [0.05, 0.1) is 7.11 Å². The molecule has 0 saturated heterocycles. The standard InChI is InChI=1S/C11H10N2O3/c1-16-11(15)8-5-13-9-3-2-6(12)4-7(9)10(8)14/h2-5H,12H2,1H3,(H,13,14). The van der Waals surface area contributed by atoms with Crippen molar-refractivity contribution in [3.8, 4) is 0 Å². The molecule has 0 aliphatic heterocycles. The highest BCUT2D eigenvalue weighted by Gasteiger charge is 2.12. The molecule has 5 nitrogen and oxygen atoms in total. The van der Waals surface area contributed by atoms with Gasteiger partial charge in [-0.25, -0.2) is 4.79 Å². The maximum Gasteiger partial charge on any atom is 0.343 e. The number of anilines is 1. The van der Waals surface area contributed by atoms with E-state index >= 15 is 0 Å². The van der Waals surface area contributed by atoms with Gasteiger partial charge in [-0.1, -0.05) is 0 Å². The Bertz CT molecular complexity index is 616. The summed E-state index contributed by atoms with van der Waals surface area (Å²) in [7, 11) is 1.23. The number of nitrogen functional groups attached to an aromatic ring is 1. The maximum absolute atomic E-state index is 11.9. The summed E-state index contributed by atoms with van der Waals surface area (Å²) >= 11 is 0. The zero-order valence-corrected chi connectivity index (χ0v) is 8.61. The Hall–Kier alpha value is -2.30. The van der Waals surface area contributed by atoms with Crippen LogP contribution >= 0.6 is 0 Å². The Labute approximate surface area is 90.8 Å². The number of benzene rings is 1. The topological polar surface area (TPSA) is 85.2 Å². The van der Waals surface area contributed by atoms with Crippen molar-refractivity contribution in [2.75, 3.05) is 12.8 Å². The van der Waals surface area contributed by atoms with Crippen LogP contribution in [0.3, 0.4) is 0 Å². The Balaban J connectivity index is 2.78. The zero-order valence-electron chi connectivity index (χ0n) is 8.61. The summed E-state index contributed by atoms with van der Waals surface area (Å²) in [6, 6.07) is 4.89. The van der Waals surface area contributed by atoms with Gasteiger partial charge < -0.3 is 15.5 Å². The zero-order chi connectivity index (χ0) is 11.7. The second-order valence-electron chi connectivity index (χ2n) is 3.33. The average Bonchev–Trinajstić information content (AvgIpc) is 2.29. The highest BCUT2D eigenvalue weighted by molar-refractivity contribution is 5.94. The molecule has 2 rings (SSSR count). The van der Waals surface area contributed by atoms with E-state index in [-0.39, 0.29) is 11.0 Å². The van der Waals surface area contributed by atoms with Gasteiger partial charge in [-0.3, -0.25) is 4.79 Å². The number of carbonyl (C=O) groups is 1. The Morgan fingerprint density at radius 1 is 1.44 bits per heavy atom. The number of methoxy groups -OCH3 is 1. The quantitative estimate of drug-likeness (QED) is 0.550. The molecule has 82 valence electrons. The van der Waals surface area contributed by atoms with E-state index in [9.17, 15) is 9.59 Å². The smallest absolute Gasteiger partial charge is 0.343 e. The van der Waals surface area contributed by atoms with Gasteiger partial charge in [0.1, 0.15) is 5.56 Å². The van der Waals surface area contributed by atoms with Crippen LogP contribution in [0.5, 0.6) is 0 Å². The molecule has 0 amide bonds. The van der Waals surface area contributed by atoms with Gasteiger partial charge >= 0.3 is 5.97 Å². The van der Waals surface area contributed by atoms with Crippen molar-refractivity contribution in [2.24, 2.45) is 0 Å². The molecular weight excluding hydrogens is 208 g/mol. The molecule has 0 radical (unpaired) electrons. The second-order valence-corrected chi connectivity index (χ2v) is 3.33. The van der Waals surface area contributed by atoms with Crippen LogP contribution in [-0.2, 0) is 4.74 Å². The molecule has 5 heteroatoms. The van der Waals surface area contributed by atoms with Crippen LogP contribution in [0.15, 0.2) is 29.2 Å². The lowest BCUT2D eigenvalue weighted by atomic mass is 10.1. The lowest BCUT2D eigenvalue weighted by molar-refractivity contribution is 0.0599. The van der Waals surface area contributed by atoms with Gasteiger partial charge in [-0.2, -0.15) is 0 Å². The summed E-state index contributed by atoms with van der Waals surface area (Å²) in [6.45, 7) is 0. The van der Waals surface area contributed by atoms with Gasteiger partial charge in [0.15, 0.2) is 0 Å². The number of esters is 1. The number of aromatic amines is 1. The SMILES string of the molecule is COC(=O)c1c[nH]c2ccc(N)cc2c1=O. The van der Waals surface area contributed by atoms with Gasteiger partial charge in [0.25, 0.3) is 0 Å². The van der Waals surface area contributed by atoms with Gasteiger partial charge in [-0.15, -0.1) is 0 Å². The fraction of sp³-hybridized carbons (Fsp3) is 0.0909. The van der Waals surface area contributed by atoms with Gasteiger partial charge in [-0.05, 0) is 18.2 Å². The summed E-state index contributed by atoms with van der Waals surface area (Å²) in [5.41, 5.74) is 6.28. The molecule has 0 atom stereocenters. The molecule has 16 heavy (non-hydrogen) atoms. The molecule has 2 aromatic rings. The molecule has 1 aromatic heterocycles. The van der Waals surface area contributed by atoms with E-state index in [0.717, 1.165) is 0 Å². The van der Waals surface area contributed by atoms with E-state index in [4.69, 9.17) is 5.73 Å². The second kappa shape index (κ2) is 3.69. The molecule has 0 aliphatic carbocycles. The van der Waals surface area contributed by atoms with Crippen LogP contribution in [0.25, 0.3) is 10.9 Å². The maximum atomic E-state index is 11.9. The van der Waals surface area contributed by atoms with E-state index in [1.54, 1.807) is 12.1 Å². The minimum Gasteiger partial charge on any atom is -0.465 e. The van der Waals surface area contributed by atoms with Crippen LogP contribution in [0.4, 0.5) is 5.69 Å². The summed E-state index contributed by atoms with van der Waals surface area (Å²) in [5.74, 6) is -0.662. The lowest BCUT2D eigenvalue weighted by Gasteiger charge is -2.02. The van der Waals surface area contributed by atoms with Crippen molar-refractivity contribution in [3.63, 3.8) is 0 Å². The monoisotopic (exact) mass is 218 g/mol. The van der Waals surface area contributed by atoms with E-state index in [2.05, 4.69) is 9.72 Å². The van der Waals surface area contributed by atoms with Crippen molar-refractivity contribution in [1.82, 2.24) is 4.98 Å². The van der Waals surface area contributed by atoms with Crippen LogP contribution in [-0.4, -0.2) is 18.1 Å². The number of pyridine rings is 1. The van der Waals surface area contributed by atoms with Crippen LogP contribution < -0.4 is 11.2 Å². The molecule has 0 aliphatic rings. The molecule has 0 fully saturated rings. The van der Waals surface area contributed by atoms with E-state index in [0.29, 0.717) is 16.6 Å². The van der Waals surface area contributed by atoms with E-state index < -0.39 is 5.97 Å². The third-order valence-electron chi connectivity index (χ3n) is 2.31. The first-order valence-corrected chi connectivity index (χ1v) is 4.62. The molecular formula is C11H10N2O3. The number of H-pyrrole nitrogens is 1. The number of nitrogens with two attached hydrogens (primary N) is 1. The van der Waals surface area contributed by atoms with Crippen molar-refractivity contribution >= 4 is 22.6 Å². The van der Waals surface area contributed by atoms with Crippen LogP contribution in [0, 0.1) is 0 Å². The third kappa shape index (κ3) is 1.52. The highest BCUT2D eigenvalue weighted by Crippen LogP contribution is 2.12. The Morgan fingerprint density at radius 3 is 2.88 bits per heavy atom. The number of fused-ring (bicyclic) bond motifs is 1. The highest BCUT2D eigenvalue weighted by atomic mass is 16.5. The molecule has 0 saturated carbocycles.